The summed E-state index contributed by atoms with van der Waals surface area (Å²) in [4.78, 5) is 22.5. The van der Waals surface area contributed by atoms with E-state index in [4.69, 9.17) is 19.4 Å². The van der Waals surface area contributed by atoms with Crippen LogP contribution in [-0.4, -0.2) is 24.9 Å². The van der Waals surface area contributed by atoms with Gasteiger partial charge in [-0.05, 0) is 46.5 Å². The summed E-state index contributed by atoms with van der Waals surface area (Å²) in [5, 5.41) is 16.9. The number of aromatic nitrogens is 4. The fraction of sp³-hybridized carbons (Fsp3) is 0.182. The van der Waals surface area contributed by atoms with Crippen LogP contribution in [0.4, 0.5) is 0 Å². The highest BCUT2D eigenvalue weighted by atomic mass is 16.6. The van der Waals surface area contributed by atoms with Gasteiger partial charge in [-0.3, -0.25) is 0 Å². The summed E-state index contributed by atoms with van der Waals surface area (Å²) in [6, 6.07) is 32.8. The lowest BCUT2D eigenvalue weighted by Gasteiger charge is -2.10. The molecule has 19 aliphatic rings. The summed E-state index contributed by atoms with van der Waals surface area (Å²) in [6.45, 7) is 4.81. The van der Waals surface area contributed by atoms with E-state index in [2.05, 4.69) is 112 Å². The molecule has 25 rings (SSSR count). The maximum Gasteiger partial charge on any atom is 0.277 e. The second-order valence-corrected chi connectivity index (χ2v) is 13.8. The third-order valence-electron chi connectivity index (χ3n) is 9.96. The van der Waals surface area contributed by atoms with E-state index in [0.29, 0.717) is 26.4 Å². The van der Waals surface area contributed by atoms with Crippen molar-refractivity contribution in [3.63, 3.8) is 0 Å². The molecule has 12 nitrogen and oxygen atoms in total. The summed E-state index contributed by atoms with van der Waals surface area (Å²) in [5.74, 6) is 0. The molecule has 19 aliphatic heterocycles. The second kappa shape index (κ2) is 16.1. The first-order chi connectivity index (χ1) is 27.7. The Labute approximate surface area is 324 Å². The van der Waals surface area contributed by atoms with Gasteiger partial charge in [-0.15, -0.1) is 0 Å². The largest absolute Gasteiger partial charge is 0.391 e. The molecule has 0 aliphatic carbocycles. The average molecular weight is 745 g/mol. The molecular formula is C44H40N8O4+4. The van der Waals surface area contributed by atoms with Crippen LogP contribution in [0.15, 0.2) is 142 Å². The number of benzene rings is 2. The molecule has 0 saturated heterocycles. The molecule has 0 N–H and O–H groups in total. The summed E-state index contributed by atoms with van der Waals surface area (Å²) in [5.41, 5.74) is 12.5. The van der Waals surface area contributed by atoms with Gasteiger partial charge in [0.25, 0.3) is 22.8 Å². The SMILES string of the molecule is C1=N/OCc2ccc(cc2)CO/N=C/c2ccc3[n+](c2)CC[n+]2cc(ccc2-3)/C=N/OCc2ccc(cc2)CO/N=C/c2ccc3[n+](c2)CC[n+]2cc/1ccc2-3. The molecule has 56 heavy (non-hydrogen) atoms. The summed E-state index contributed by atoms with van der Waals surface area (Å²) >= 11 is 0. The molecule has 0 saturated carbocycles. The quantitative estimate of drug-likeness (QED) is 0.210. The van der Waals surface area contributed by atoms with Gasteiger partial charge in [0.05, 0.1) is 47.1 Å². The molecular weight excluding hydrogens is 705 g/mol. The van der Waals surface area contributed by atoms with Gasteiger partial charge in [0.15, 0.2) is 24.8 Å². The Hall–Kier alpha value is -7.08. The third kappa shape index (κ3) is 8.04. The van der Waals surface area contributed by atoms with Crippen molar-refractivity contribution in [3.8, 4) is 22.8 Å². The van der Waals surface area contributed by atoms with Crippen molar-refractivity contribution in [1.29, 1.82) is 0 Å². The fourth-order valence-corrected chi connectivity index (χ4v) is 6.96. The molecule has 16 bridgehead atoms. The monoisotopic (exact) mass is 744 g/mol. The van der Waals surface area contributed by atoms with Crippen molar-refractivity contribution in [3.05, 3.63) is 166 Å². The first-order valence-corrected chi connectivity index (χ1v) is 18.6. The van der Waals surface area contributed by atoms with E-state index in [9.17, 15) is 0 Å². The van der Waals surface area contributed by atoms with Gasteiger partial charge >= 0.3 is 0 Å². The second-order valence-electron chi connectivity index (χ2n) is 13.8. The first-order valence-electron chi connectivity index (χ1n) is 18.6. The molecule has 2 aromatic carbocycles. The lowest BCUT2D eigenvalue weighted by Crippen LogP contribution is -2.53. The zero-order chi connectivity index (χ0) is 37.5. The maximum absolute atomic E-state index is 5.64. The minimum Gasteiger partial charge on any atom is -0.391 e. The van der Waals surface area contributed by atoms with Crippen LogP contribution in [0.25, 0.3) is 22.8 Å². The van der Waals surface area contributed by atoms with Crippen molar-refractivity contribution >= 4 is 24.9 Å². The van der Waals surface area contributed by atoms with Crippen molar-refractivity contribution in [2.45, 2.75) is 52.6 Å². The zero-order valence-corrected chi connectivity index (χ0v) is 30.7. The minimum atomic E-state index is 0.366. The Morgan fingerprint density at radius 2 is 0.536 bits per heavy atom. The topological polar surface area (TPSA) is 102 Å². The Morgan fingerprint density at radius 1 is 0.304 bits per heavy atom. The fourth-order valence-electron chi connectivity index (χ4n) is 6.96. The molecule has 0 fully saturated rings. The average Bonchev–Trinajstić information content (AvgIpc) is 3.24. The Kier molecular flexibility index (Phi) is 9.98. The highest BCUT2D eigenvalue weighted by molar-refractivity contribution is 5.80. The highest BCUT2D eigenvalue weighted by Gasteiger charge is 2.30. The Balaban J connectivity index is 0.905. The predicted octanol–water partition coefficient (Wildman–Crippen LogP) is 4.71. The van der Waals surface area contributed by atoms with Crippen LogP contribution in [0.3, 0.4) is 0 Å². The molecule has 12 heteroatoms. The third-order valence-corrected chi connectivity index (χ3v) is 9.96. The van der Waals surface area contributed by atoms with Gasteiger partial charge < -0.3 is 19.4 Å². The van der Waals surface area contributed by atoms with Gasteiger partial charge in [0.2, 0.25) is 26.2 Å². The lowest BCUT2D eigenvalue weighted by molar-refractivity contribution is -0.794. The van der Waals surface area contributed by atoms with Crippen molar-refractivity contribution < 1.29 is 37.6 Å². The van der Waals surface area contributed by atoms with E-state index in [0.717, 1.165) is 93.5 Å². The maximum atomic E-state index is 5.64. The molecule has 0 atom stereocenters. The van der Waals surface area contributed by atoms with Crippen LogP contribution in [0, 0.1) is 0 Å². The molecule has 0 radical (unpaired) electrons. The molecule has 0 spiro atoms. The van der Waals surface area contributed by atoms with Crippen LogP contribution in [0.2, 0.25) is 0 Å². The zero-order valence-electron chi connectivity index (χ0n) is 30.7. The lowest BCUT2D eigenvalue weighted by atomic mass is 10.1. The van der Waals surface area contributed by atoms with Crippen LogP contribution >= 0.6 is 0 Å². The van der Waals surface area contributed by atoms with Crippen LogP contribution in [0.1, 0.15) is 44.5 Å². The van der Waals surface area contributed by atoms with E-state index in [1.807, 2.05) is 48.5 Å². The number of hydrogen-bond donors (Lipinski definition) is 0. The van der Waals surface area contributed by atoms with Gasteiger partial charge in [0.1, 0.15) is 26.4 Å². The van der Waals surface area contributed by atoms with E-state index in [1.165, 1.54) is 0 Å². The Bertz CT molecular complexity index is 2150. The number of hydrogen-bond acceptors (Lipinski definition) is 8. The van der Waals surface area contributed by atoms with Gasteiger partial charge in [-0.25, -0.2) is 0 Å². The van der Waals surface area contributed by atoms with Crippen molar-refractivity contribution in [2.24, 2.45) is 20.6 Å². The van der Waals surface area contributed by atoms with Gasteiger partial charge in [-0.1, -0.05) is 69.2 Å². The normalized spacial score (nSPS) is 17.1. The number of aryl methyl sites for hydroxylation is 4. The standard InChI is InChI=1S/C44H40N8O4/c1-2-34-4-3-33(1)29-53-45-21-37-9-13-41-43-15-11-39(27-51(43)18-17-49(41)25-37)23-47-55-31-35-5-7-36(8-6-35)32-56-48-24-40-12-16-44-42-14-10-38(22-46-54-30-34)26-50(42)19-20-52(44)28-40/h1-16,21-28H,17-20,29-32H2/q+4/b45-21+,46-22+,47-23+,48-24+. The van der Waals surface area contributed by atoms with Crippen LogP contribution < -0.4 is 18.3 Å². The van der Waals surface area contributed by atoms with E-state index in [1.54, 1.807) is 24.9 Å². The van der Waals surface area contributed by atoms with Crippen LogP contribution in [0.5, 0.6) is 0 Å². The van der Waals surface area contributed by atoms with E-state index >= 15 is 0 Å². The number of rotatable bonds is 0. The summed E-state index contributed by atoms with van der Waals surface area (Å²) in [7, 11) is 0. The van der Waals surface area contributed by atoms with Crippen LogP contribution in [-0.2, 0) is 72.0 Å². The number of nitrogens with zero attached hydrogens (tertiary/aromatic N) is 8. The smallest absolute Gasteiger partial charge is 0.277 e. The van der Waals surface area contributed by atoms with E-state index in [-0.39, 0.29) is 0 Å². The molecule has 0 amide bonds. The molecule has 23 heterocycles. The molecule has 4 aromatic heterocycles. The Morgan fingerprint density at radius 3 is 0.768 bits per heavy atom. The molecule has 276 valence electrons. The predicted molar refractivity (Wildman–Crippen MR) is 207 cm³/mol. The summed E-state index contributed by atoms with van der Waals surface area (Å²) in [6.07, 6.45) is 15.4. The number of oxime groups is 4. The summed E-state index contributed by atoms with van der Waals surface area (Å²) < 4.78 is 8.99. The number of pyridine rings is 4. The molecule has 0 unspecified atom stereocenters. The van der Waals surface area contributed by atoms with Crippen molar-refractivity contribution in [1.82, 2.24) is 0 Å². The molecule has 6 aromatic rings. The van der Waals surface area contributed by atoms with E-state index < -0.39 is 0 Å². The van der Waals surface area contributed by atoms with Gasteiger partial charge in [-0.2, -0.15) is 18.3 Å². The van der Waals surface area contributed by atoms with Crippen molar-refractivity contribution in [2.75, 3.05) is 0 Å². The minimum absolute atomic E-state index is 0.366. The van der Waals surface area contributed by atoms with Gasteiger partial charge in [0, 0.05) is 24.3 Å². The highest BCUT2D eigenvalue weighted by Crippen LogP contribution is 2.17. The first kappa shape index (κ1) is 34.7.